The Morgan fingerprint density at radius 3 is 2.41 bits per heavy atom. The zero-order valence-electron chi connectivity index (χ0n) is 18.8. The van der Waals surface area contributed by atoms with E-state index in [4.69, 9.17) is 0 Å². The van der Waals surface area contributed by atoms with E-state index in [0.29, 0.717) is 18.5 Å². The smallest absolute Gasteiger partial charge is 0.240 e. The van der Waals surface area contributed by atoms with E-state index in [1.54, 1.807) is 0 Å². The van der Waals surface area contributed by atoms with Crippen LogP contribution in [0.1, 0.15) is 57.8 Å². The molecule has 3 aliphatic rings. The molecule has 0 radical (unpaired) electrons. The fourth-order valence-electron chi connectivity index (χ4n) is 5.74. The number of rotatable bonds is 7. The van der Waals surface area contributed by atoms with Crippen LogP contribution < -0.4 is 10.0 Å². The number of hydrogen-bond acceptors (Lipinski definition) is 4. The van der Waals surface area contributed by atoms with Crippen molar-refractivity contribution in [3.8, 4) is 0 Å². The Labute approximate surface area is 191 Å². The van der Waals surface area contributed by atoms with E-state index in [9.17, 15) is 17.6 Å². The van der Waals surface area contributed by atoms with Crippen molar-refractivity contribution in [1.29, 1.82) is 0 Å². The maximum absolute atomic E-state index is 13.0. The molecular formula is C24H36FN3O3S. The zero-order valence-corrected chi connectivity index (χ0v) is 19.6. The van der Waals surface area contributed by atoms with Crippen LogP contribution in [0.15, 0.2) is 29.2 Å². The molecule has 4 rings (SSSR count). The minimum Gasteiger partial charge on any atom is -0.356 e. The molecule has 1 aliphatic carbocycles. The molecule has 0 bridgehead atoms. The maximum Gasteiger partial charge on any atom is 0.240 e. The fraction of sp³-hybridized carbons (Fsp3) is 0.708. The third-order valence-electron chi connectivity index (χ3n) is 7.67. The van der Waals surface area contributed by atoms with Gasteiger partial charge in [0.2, 0.25) is 15.9 Å². The number of benzene rings is 1. The highest BCUT2D eigenvalue weighted by Crippen LogP contribution is 2.32. The van der Waals surface area contributed by atoms with Gasteiger partial charge in [0.1, 0.15) is 5.82 Å². The van der Waals surface area contributed by atoms with Crippen molar-refractivity contribution in [3.63, 3.8) is 0 Å². The van der Waals surface area contributed by atoms with Gasteiger partial charge >= 0.3 is 0 Å². The minimum absolute atomic E-state index is 0.0333. The number of piperidine rings is 2. The van der Waals surface area contributed by atoms with Gasteiger partial charge in [0.15, 0.2) is 0 Å². The van der Waals surface area contributed by atoms with Crippen molar-refractivity contribution in [2.24, 2.45) is 17.8 Å². The highest BCUT2D eigenvalue weighted by Gasteiger charge is 2.34. The van der Waals surface area contributed by atoms with Crippen LogP contribution in [0.2, 0.25) is 0 Å². The van der Waals surface area contributed by atoms with Gasteiger partial charge in [0.25, 0.3) is 0 Å². The van der Waals surface area contributed by atoms with E-state index in [-0.39, 0.29) is 22.6 Å². The van der Waals surface area contributed by atoms with Crippen LogP contribution in [-0.2, 0) is 14.8 Å². The van der Waals surface area contributed by atoms with Crippen molar-refractivity contribution in [2.45, 2.75) is 68.7 Å². The third kappa shape index (κ3) is 5.88. The van der Waals surface area contributed by atoms with E-state index >= 15 is 0 Å². The molecule has 1 saturated carbocycles. The number of fused-ring (bicyclic) bond motifs is 1. The maximum atomic E-state index is 13.0. The monoisotopic (exact) mass is 465 g/mol. The lowest BCUT2D eigenvalue weighted by Crippen LogP contribution is -2.51. The molecule has 2 heterocycles. The predicted octanol–water partition coefficient (Wildman–Crippen LogP) is 3.29. The Morgan fingerprint density at radius 1 is 0.938 bits per heavy atom. The molecular weight excluding hydrogens is 429 g/mol. The van der Waals surface area contributed by atoms with Gasteiger partial charge in [0.05, 0.1) is 4.90 Å². The average Bonchev–Trinajstić information content (AvgIpc) is 2.82. The molecule has 178 valence electrons. The second kappa shape index (κ2) is 10.6. The summed E-state index contributed by atoms with van der Waals surface area (Å²) < 4.78 is 40.5. The van der Waals surface area contributed by atoms with Crippen LogP contribution in [0, 0.1) is 23.6 Å². The quantitative estimate of drug-likeness (QED) is 0.648. The topological polar surface area (TPSA) is 78.5 Å². The van der Waals surface area contributed by atoms with Gasteiger partial charge in [-0.2, -0.15) is 0 Å². The van der Waals surface area contributed by atoms with E-state index in [0.717, 1.165) is 44.4 Å². The molecule has 1 aromatic rings. The van der Waals surface area contributed by atoms with Gasteiger partial charge in [-0.15, -0.1) is 0 Å². The van der Waals surface area contributed by atoms with Crippen molar-refractivity contribution in [1.82, 2.24) is 14.9 Å². The molecule has 1 aromatic carbocycles. The number of carbonyl (C=O) groups is 1. The lowest BCUT2D eigenvalue weighted by Gasteiger charge is -2.44. The van der Waals surface area contributed by atoms with Gasteiger partial charge in [-0.1, -0.05) is 6.42 Å². The summed E-state index contributed by atoms with van der Waals surface area (Å²) in [6.07, 6.45) is 9.59. The molecule has 6 nitrogen and oxygen atoms in total. The Kier molecular flexibility index (Phi) is 7.84. The first kappa shape index (κ1) is 23.6. The molecule has 2 unspecified atom stereocenters. The van der Waals surface area contributed by atoms with Crippen LogP contribution in [0.5, 0.6) is 0 Å². The Balaban J connectivity index is 1.19. The molecule has 0 spiro atoms. The van der Waals surface area contributed by atoms with Gasteiger partial charge in [-0.05, 0) is 101 Å². The summed E-state index contributed by atoms with van der Waals surface area (Å²) in [6, 6.07) is 5.49. The highest BCUT2D eigenvalue weighted by atomic mass is 32.2. The lowest BCUT2D eigenvalue weighted by molar-refractivity contribution is -0.126. The van der Waals surface area contributed by atoms with Crippen molar-refractivity contribution in [2.75, 3.05) is 26.2 Å². The summed E-state index contributed by atoms with van der Waals surface area (Å²) in [4.78, 5) is 15.5. The summed E-state index contributed by atoms with van der Waals surface area (Å²) in [6.45, 7) is 3.57. The standard InChI is InChI=1S/C24H36FN3O3S/c25-21-10-12-22(13-11-21)32(30,31)27-16-18-6-8-19(9-7-18)24(29)26-17-20-4-3-15-28-14-2-1-5-23(20)28/h10-13,18-20,23,27H,1-9,14-17H2,(H,26,29). The number of nitrogens with one attached hydrogen (secondary N) is 2. The zero-order chi connectivity index (χ0) is 22.6. The second-order valence-corrected chi connectivity index (χ2v) is 11.5. The number of hydrogen-bond donors (Lipinski definition) is 2. The van der Waals surface area contributed by atoms with Crippen molar-refractivity contribution >= 4 is 15.9 Å². The third-order valence-corrected chi connectivity index (χ3v) is 9.11. The minimum atomic E-state index is -3.64. The largest absolute Gasteiger partial charge is 0.356 e. The van der Waals surface area contributed by atoms with Gasteiger partial charge in [0, 0.05) is 25.0 Å². The fourth-order valence-corrected chi connectivity index (χ4v) is 6.86. The van der Waals surface area contributed by atoms with E-state index in [1.165, 1.54) is 57.3 Å². The predicted molar refractivity (Wildman–Crippen MR) is 122 cm³/mol. The van der Waals surface area contributed by atoms with Gasteiger partial charge in [-0.25, -0.2) is 17.5 Å². The molecule has 2 saturated heterocycles. The van der Waals surface area contributed by atoms with E-state index in [2.05, 4.69) is 14.9 Å². The number of sulfonamides is 1. The number of halogens is 1. The second-order valence-electron chi connectivity index (χ2n) is 9.77. The van der Waals surface area contributed by atoms with Crippen LogP contribution >= 0.6 is 0 Å². The van der Waals surface area contributed by atoms with Crippen LogP contribution in [0.3, 0.4) is 0 Å². The van der Waals surface area contributed by atoms with Gasteiger partial charge in [-0.3, -0.25) is 4.79 Å². The first-order chi connectivity index (χ1) is 15.4. The first-order valence-corrected chi connectivity index (χ1v) is 13.7. The summed E-state index contributed by atoms with van der Waals surface area (Å²) in [5, 5.41) is 3.24. The molecule has 1 amide bonds. The van der Waals surface area contributed by atoms with Crippen LogP contribution in [-0.4, -0.2) is 51.4 Å². The van der Waals surface area contributed by atoms with Gasteiger partial charge < -0.3 is 10.2 Å². The Morgan fingerprint density at radius 2 is 1.66 bits per heavy atom. The summed E-state index contributed by atoms with van der Waals surface area (Å²) in [7, 11) is -3.64. The van der Waals surface area contributed by atoms with E-state index < -0.39 is 15.8 Å². The molecule has 32 heavy (non-hydrogen) atoms. The number of carbonyl (C=O) groups excluding carboxylic acids is 1. The molecule has 2 atom stereocenters. The molecule has 8 heteroatoms. The normalized spacial score (nSPS) is 29.3. The molecule has 2 aliphatic heterocycles. The summed E-state index contributed by atoms with van der Waals surface area (Å²) in [5.41, 5.74) is 0. The Bertz CT molecular complexity index is 867. The molecule has 2 N–H and O–H groups in total. The van der Waals surface area contributed by atoms with Crippen molar-refractivity contribution in [3.05, 3.63) is 30.1 Å². The van der Waals surface area contributed by atoms with Crippen molar-refractivity contribution < 1.29 is 17.6 Å². The Hall–Kier alpha value is -1.51. The average molecular weight is 466 g/mol. The van der Waals surface area contributed by atoms with Crippen LogP contribution in [0.4, 0.5) is 4.39 Å². The van der Waals surface area contributed by atoms with Crippen LogP contribution in [0.25, 0.3) is 0 Å². The molecule has 3 fully saturated rings. The number of nitrogens with zero attached hydrogens (tertiary/aromatic N) is 1. The first-order valence-electron chi connectivity index (χ1n) is 12.2. The summed E-state index contributed by atoms with van der Waals surface area (Å²) in [5.74, 6) is 0.544. The lowest BCUT2D eigenvalue weighted by atomic mass is 9.81. The summed E-state index contributed by atoms with van der Waals surface area (Å²) >= 11 is 0. The highest BCUT2D eigenvalue weighted by molar-refractivity contribution is 7.89. The molecule has 0 aromatic heterocycles. The SMILES string of the molecule is O=C(NCC1CCCN2CCCCC12)C1CCC(CNS(=O)(=O)c2ccc(F)cc2)CC1. The number of amides is 1. The van der Waals surface area contributed by atoms with E-state index in [1.807, 2.05) is 0 Å².